The van der Waals surface area contributed by atoms with Crippen LogP contribution in [-0.2, 0) is 0 Å². The number of hydrogen-bond donors (Lipinski definition) is 0. The molecule has 0 spiro atoms. The van der Waals surface area contributed by atoms with E-state index in [1.807, 2.05) is 0 Å². The Kier molecular flexibility index (Phi) is 4.41. The standard InChI is InChI=1S/C14H21N/c1-5-14(15(6-2)12(3)4)13-10-8-7-9-11-13/h7-11,14H,3,5-6H2,1-2,4H3. The van der Waals surface area contributed by atoms with Crippen molar-refractivity contribution in [2.75, 3.05) is 6.54 Å². The summed E-state index contributed by atoms with van der Waals surface area (Å²) in [5.74, 6) is 0. The third kappa shape index (κ3) is 2.85. The van der Waals surface area contributed by atoms with Gasteiger partial charge >= 0.3 is 0 Å². The fourth-order valence-corrected chi connectivity index (χ4v) is 2.07. The molecule has 0 bridgehead atoms. The van der Waals surface area contributed by atoms with E-state index in [0.29, 0.717) is 6.04 Å². The molecule has 1 unspecified atom stereocenters. The van der Waals surface area contributed by atoms with E-state index in [-0.39, 0.29) is 0 Å². The highest BCUT2D eigenvalue weighted by molar-refractivity contribution is 5.20. The van der Waals surface area contributed by atoms with E-state index in [1.165, 1.54) is 5.56 Å². The van der Waals surface area contributed by atoms with Crippen LogP contribution in [0.25, 0.3) is 0 Å². The van der Waals surface area contributed by atoms with Crippen molar-refractivity contribution in [3.8, 4) is 0 Å². The van der Waals surface area contributed by atoms with E-state index < -0.39 is 0 Å². The van der Waals surface area contributed by atoms with Crippen LogP contribution in [-0.4, -0.2) is 11.4 Å². The quantitative estimate of drug-likeness (QED) is 0.699. The molecule has 0 aliphatic rings. The van der Waals surface area contributed by atoms with Gasteiger partial charge < -0.3 is 4.90 Å². The van der Waals surface area contributed by atoms with Gasteiger partial charge in [-0.2, -0.15) is 0 Å². The van der Waals surface area contributed by atoms with E-state index >= 15 is 0 Å². The van der Waals surface area contributed by atoms with E-state index in [1.54, 1.807) is 0 Å². The van der Waals surface area contributed by atoms with Crippen molar-refractivity contribution in [2.45, 2.75) is 33.2 Å². The number of rotatable bonds is 5. The predicted molar refractivity (Wildman–Crippen MR) is 66.7 cm³/mol. The highest BCUT2D eigenvalue weighted by Gasteiger charge is 2.15. The maximum atomic E-state index is 4.05. The van der Waals surface area contributed by atoms with Gasteiger partial charge in [-0.1, -0.05) is 43.8 Å². The molecule has 1 aromatic carbocycles. The molecule has 0 aliphatic carbocycles. The van der Waals surface area contributed by atoms with Crippen LogP contribution in [0.1, 0.15) is 38.8 Å². The Labute approximate surface area is 93.4 Å². The van der Waals surface area contributed by atoms with Crippen molar-refractivity contribution in [2.24, 2.45) is 0 Å². The molecule has 0 saturated heterocycles. The molecule has 0 saturated carbocycles. The van der Waals surface area contributed by atoms with Crippen LogP contribution in [0, 0.1) is 0 Å². The molecule has 0 N–H and O–H groups in total. The first kappa shape index (κ1) is 11.8. The zero-order chi connectivity index (χ0) is 11.3. The average Bonchev–Trinajstić information content (AvgIpc) is 2.26. The van der Waals surface area contributed by atoms with Crippen LogP contribution in [0.5, 0.6) is 0 Å². The third-order valence-electron chi connectivity index (χ3n) is 2.78. The molecular formula is C14H21N. The lowest BCUT2D eigenvalue weighted by Crippen LogP contribution is -2.26. The molecule has 1 nitrogen and oxygen atoms in total. The van der Waals surface area contributed by atoms with Gasteiger partial charge in [0.1, 0.15) is 0 Å². The molecule has 1 atom stereocenters. The molecule has 15 heavy (non-hydrogen) atoms. The van der Waals surface area contributed by atoms with Crippen molar-refractivity contribution in [1.29, 1.82) is 0 Å². The van der Waals surface area contributed by atoms with Gasteiger partial charge in [-0.05, 0) is 25.8 Å². The number of allylic oxidation sites excluding steroid dienone is 1. The minimum atomic E-state index is 0.466. The summed E-state index contributed by atoms with van der Waals surface area (Å²) in [6.45, 7) is 11.5. The molecule has 0 fully saturated rings. The van der Waals surface area contributed by atoms with Crippen molar-refractivity contribution in [3.63, 3.8) is 0 Å². The minimum Gasteiger partial charge on any atom is -0.369 e. The van der Waals surface area contributed by atoms with E-state index in [4.69, 9.17) is 0 Å². The zero-order valence-corrected chi connectivity index (χ0v) is 10.0. The zero-order valence-electron chi connectivity index (χ0n) is 10.0. The molecule has 0 heterocycles. The molecule has 82 valence electrons. The molecule has 1 rings (SSSR count). The van der Waals surface area contributed by atoms with E-state index in [9.17, 15) is 0 Å². The van der Waals surface area contributed by atoms with Gasteiger partial charge in [0.25, 0.3) is 0 Å². The predicted octanol–water partition coefficient (Wildman–Crippen LogP) is 3.99. The second-order valence-electron chi connectivity index (χ2n) is 3.86. The first-order valence-corrected chi connectivity index (χ1v) is 5.67. The number of benzene rings is 1. The fraction of sp³-hybridized carbons (Fsp3) is 0.429. The third-order valence-corrected chi connectivity index (χ3v) is 2.78. The molecule has 1 heteroatoms. The molecule has 0 aliphatic heterocycles. The lowest BCUT2D eigenvalue weighted by Gasteiger charge is -2.32. The Morgan fingerprint density at radius 3 is 2.27 bits per heavy atom. The van der Waals surface area contributed by atoms with Gasteiger partial charge in [-0.3, -0.25) is 0 Å². The first-order valence-electron chi connectivity index (χ1n) is 5.67. The summed E-state index contributed by atoms with van der Waals surface area (Å²) in [6, 6.07) is 11.1. The summed E-state index contributed by atoms with van der Waals surface area (Å²) in [7, 11) is 0. The lowest BCUT2D eigenvalue weighted by atomic mass is 10.0. The van der Waals surface area contributed by atoms with Crippen molar-refractivity contribution < 1.29 is 0 Å². The summed E-state index contributed by atoms with van der Waals surface area (Å²) in [5.41, 5.74) is 2.53. The van der Waals surface area contributed by atoms with Crippen molar-refractivity contribution in [1.82, 2.24) is 4.90 Å². The summed E-state index contributed by atoms with van der Waals surface area (Å²) in [6.07, 6.45) is 1.12. The minimum absolute atomic E-state index is 0.466. The van der Waals surface area contributed by atoms with Gasteiger partial charge in [0.2, 0.25) is 0 Å². The Morgan fingerprint density at radius 2 is 1.87 bits per heavy atom. The van der Waals surface area contributed by atoms with Gasteiger partial charge in [-0.25, -0.2) is 0 Å². The largest absolute Gasteiger partial charge is 0.369 e. The Morgan fingerprint density at radius 1 is 1.27 bits per heavy atom. The van der Waals surface area contributed by atoms with Crippen LogP contribution in [0.4, 0.5) is 0 Å². The van der Waals surface area contributed by atoms with Crippen molar-refractivity contribution in [3.05, 3.63) is 48.2 Å². The maximum absolute atomic E-state index is 4.05. The first-order chi connectivity index (χ1) is 7.20. The SMILES string of the molecule is C=C(C)N(CC)C(CC)c1ccccc1. The van der Waals surface area contributed by atoms with Crippen molar-refractivity contribution >= 4 is 0 Å². The highest BCUT2D eigenvalue weighted by atomic mass is 15.2. The second kappa shape index (κ2) is 5.59. The maximum Gasteiger partial charge on any atom is 0.0536 e. The molecule has 0 amide bonds. The average molecular weight is 203 g/mol. The monoisotopic (exact) mass is 203 g/mol. The Bertz CT molecular complexity index is 302. The number of hydrogen-bond acceptors (Lipinski definition) is 1. The summed E-state index contributed by atoms with van der Waals surface area (Å²) < 4.78 is 0. The van der Waals surface area contributed by atoms with Gasteiger partial charge in [0.15, 0.2) is 0 Å². The van der Waals surface area contributed by atoms with Gasteiger partial charge in [-0.15, -0.1) is 0 Å². The molecular weight excluding hydrogens is 182 g/mol. The van der Waals surface area contributed by atoms with Gasteiger partial charge in [0, 0.05) is 12.2 Å². The van der Waals surface area contributed by atoms with Crippen LogP contribution < -0.4 is 0 Å². The molecule has 0 radical (unpaired) electrons. The summed E-state index contributed by atoms with van der Waals surface area (Å²) in [4.78, 5) is 2.36. The normalized spacial score (nSPS) is 12.2. The number of nitrogens with zero attached hydrogens (tertiary/aromatic N) is 1. The Hall–Kier alpha value is -1.24. The molecule has 0 aromatic heterocycles. The van der Waals surface area contributed by atoms with Crippen LogP contribution >= 0.6 is 0 Å². The van der Waals surface area contributed by atoms with Crippen LogP contribution in [0.2, 0.25) is 0 Å². The Balaban J connectivity index is 2.92. The summed E-state index contributed by atoms with van der Waals surface area (Å²) in [5, 5.41) is 0. The van der Waals surface area contributed by atoms with E-state index in [0.717, 1.165) is 18.7 Å². The highest BCUT2D eigenvalue weighted by Crippen LogP contribution is 2.26. The molecule has 1 aromatic rings. The lowest BCUT2D eigenvalue weighted by molar-refractivity contribution is 0.262. The smallest absolute Gasteiger partial charge is 0.0536 e. The van der Waals surface area contributed by atoms with Crippen LogP contribution in [0.3, 0.4) is 0 Å². The topological polar surface area (TPSA) is 3.24 Å². The van der Waals surface area contributed by atoms with Gasteiger partial charge in [0.05, 0.1) is 6.04 Å². The van der Waals surface area contributed by atoms with E-state index in [2.05, 4.69) is 62.6 Å². The van der Waals surface area contributed by atoms with Crippen LogP contribution in [0.15, 0.2) is 42.6 Å². The fourth-order valence-electron chi connectivity index (χ4n) is 2.07. The summed E-state index contributed by atoms with van der Waals surface area (Å²) >= 11 is 0. The second-order valence-corrected chi connectivity index (χ2v) is 3.86.